The zero-order valence-corrected chi connectivity index (χ0v) is 20.3. The van der Waals surface area contributed by atoms with Crippen molar-refractivity contribution < 1.29 is 14.3 Å². The van der Waals surface area contributed by atoms with Crippen LogP contribution in [0.3, 0.4) is 0 Å². The van der Waals surface area contributed by atoms with E-state index in [1.54, 1.807) is 24.3 Å². The summed E-state index contributed by atoms with van der Waals surface area (Å²) in [6.45, 7) is 4.33. The highest BCUT2D eigenvalue weighted by atomic mass is 16.5. The van der Waals surface area contributed by atoms with E-state index in [0.717, 1.165) is 16.5 Å². The SMILES string of the molecule is CCOc1ccccc1NC(=NCCc1c[nH]c2ccccc12)NC(=O)c1ccc(NC(C)=O)cc1. The number of nitrogens with zero attached hydrogens (tertiary/aromatic N) is 1. The van der Waals surface area contributed by atoms with Crippen molar-refractivity contribution in [1.82, 2.24) is 10.3 Å². The van der Waals surface area contributed by atoms with Crippen molar-refractivity contribution in [3.8, 4) is 5.75 Å². The molecule has 4 rings (SSSR count). The fraction of sp³-hybridized carbons (Fsp3) is 0.179. The Bertz CT molecular complexity index is 1380. The molecule has 184 valence electrons. The summed E-state index contributed by atoms with van der Waals surface area (Å²) >= 11 is 0. The van der Waals surface area contributed by atoms with Crippen LogP contribution < -0.4 is 20.7 Å². The average Bonchev–Trinajstić information content (AvgIpc) is 3.28. The quantitative estimate of drug-likeness (QED) is 0.210. The first-order valence-electron chi connectivity index (χ1n) is 11.8. The normalized spacial score (nSPS) is 11.2. The van der Waals surface area contributed by atoms with Gasteiger partial charge in [0.2, 0.25) is 11.9 Å². The van der Waals surface area contributed by atoms with Gasteiger partial charge in [0.1, 0.15) is 5.75 Å². The van der Waals surface area contributed by atoms with Gasteiger partial charge in [0, 0.05) is 41.8 Å². The number of carbonyl (C=O) groups excluding carboxylic acids is 2. The van der Waals surface area contributed by atoms with E-state index in [1.807, 2.05) is 55.6 Å². The molecule has 0 atom stereocenters. The maximum Gasteiger partial charge on any atom is 0.257 e. The van der Waals surface area contributed by atoms with E-state index >= 15 is 0 Å². The fourth-order valence-corrected chi connectivity index (χ4v) is 3.80. The van der Waals surface area contributed by atoms with Crippen LogP contribution in [-0.4, -0.2) is 35.9 Å². The van der Waals surface area contributed by atoms with E-state index in [0.29, 0.717) is 48.2 Å². The van der Waals surface area contributed by atoms with E-state index < -0.39 is 0 Å². The monoisotopic (exact) mass is 483 g/mol. The van der Waals surface area contributed by atoms with Crippen LogP contribution in [-0.2, 0) is 11.2 Å². The van der Waals surface area contributed by atoms with Crippen molar-refractivity contribution >= 4 is 40.1 Å². The minimum atomic E-state index is -0.323. The Morgan fingerprint density at radius 1 is 0.944 bits per heavy atom. The number of fused-ring (bicyclic) bond motifs is 1. The molecule has 4 aromatic rings. The molecule has 0 aliphatic rings. The number of nitrogens with one attached hydrogen (secondary N) is 4. The zero-order valence-electron chi connectivity index (χ0n) is 20.3. The summed E-state index contributed by atoms with van der Waals surface area (Å²) in [5, 5.41) is 9.95. The molecule has 0 radical (unpaired) electrons. The van der Waals surface area contributed by atoms with Gasteiger partial charge in [-0.3, -0.25) is 19.9 Å². The Kier molecular flexibility index (Phi) is 7.97. The van der Waals surface area contributed by atoms with Gasteiger partial charge in [0.25, 0.3) is 5.91 Å². The number of aromatic nitrogens is 1. The molecule has 0 aliphatic carbocycles. The van der Waals surface area contributed by atoms with Crippen LogP contribution in [0.2, 0.25) is 0 Å². The third-order valence-electron chi connectivity index (χ3n) is 5.47. The average molecular weight is 484 g/mol. The van der Waals surface area contributed by atoms with E-state index in [4.69, 9.17) is 4.74 Å². The number of H-pyrrole nitrogens is 1. The maximum atomic E-state index is 13.0. The Balaban J connectivity index is 1.53. The van der Waals surface area contributed by atoms with Crippen molar-refractivity contribution in [3.63, 3.8) is 0 Å². The molecule has 0 unspecified atom stereocenters. The molecule has 36 heavy (non-hydrogen) atoms. The minimum absolute atomic E-state index is 0.172. The molecule has 1 heterocycles. The summed E-state index contributed by atoms with van der Waals surface area (Å²) in [4.78, 5) is 32.2. The Labute approximate surface area is 209 Å². The number of benzene rings is 3. The molecular weight excluding hydrogens is 454 g/mol. The molecule has 0 bridgehead atoms. The van der Waals surface area contributed by atoms with Crippen molar-refractivity contribution in [2.45, 2.75) is 20.3 Å². The van der Waals surface area contributed by atoms with Gasteiger partial charge in [-0.2, -0.15) is 0 Å². The van der Waals surface area contributed by atoms with Gasteiger partial charge >= 0.3 is 0 Å². The first-order valence-corrected chi connectivity index (χ1v) is 11.8. The molecule has 4 N–H and O–H groups in total. The molecule has 0 aliphatic heterocycles. The van der Waals surface area contributed by atoms with Crippen LogP contribution in [0.1, 0.15) is 29.8 Å². The predicted octanol–water partition coefficient (Wildman–Crippen LogP) is 4.97. The second-order valence-electron chi connectivity index (χ2n) is 8.11. The van der Waals surface area contributed by atoms with Crippen LogP contribution in [0, 0.1) is 0 Å². The second-order valence-corrected chi connectivity index (χ2v) is 8.11. The number of rotatable bonds is 8. The minimum Gasteiger partial charge on any atom is -0.492 e. The first kappa shape index (κ1) is 24.5. The maximum absolute atomic E-state index is 13.0. The van der Waals surface area contributed by atoms with Crippen LogP contribution in [0.15, 0.2) is 84.0 Å². The summed E-state index contributed by atoms with van der Waals surface area (Å²) in [5.41, 5.74) is 4.00. The molecule has 1 aromatic heterocycles. The molecule has 0 saturated carbocycles. The van der Waals surface area contributed by atoms with Gasteiger partial charge < -0.3 is 20.4 Å². The van der Waals surface area contributed by atoms with E-state index in [2.05, 4.69) is 32.0 Å². The standard InChI is InChI=1S/C28H29N5O3/c1-3-36-26-11-7-6-10-25(26)32-28(29-17-16-21-18-30-24-9-5-4-8-23(21)24)33-27(35)20-12-14-22(15-13-20)31-19(2)34/h4-15,18,30H,3,16-17H2,1-2H3,(H,31,34)(H2,29,32,33,35). The van der Waals surface area contributed by atoms with E-state index in [1.165, 1.54) is 6.92 Å². The van der Waals surface area contributed by atoms with E-state index in [9.17, 15) is 9.59 Å². The predicted molar refractivity (Wildman–Crippen MR) is 144 cm³/mol. The summed E-state index contributed by atoms with van der Waals surface area (Å²) in [5.74, 6) is 0.488. The van der Waals surface area contributed by atoms with Gasteiger partial charge in [-0.25, -0.2) is 0 Å². The highest BCUT2D eigenvalue weighted by molar-refractivity contribution is 6.10. The van der Waals surface area contributed by atoms with Crippen LogP contribution >= 0.6 is 0 Å². The van der Waals surface area contributed by atoms with Crippen molar-refractivity contribution in [2.75, 3.05) is 23.8 Å². The van der Waals surface area contributed by atoms with E-state index in [-0.39, 0.29) is 11.8 Å². The number of aliphatic imine (C=N–C) groups is 1. The molecule has 2 amide bonds. The smallest absolute Gasteiger partial charge is 0.257 e. The van der Waals surface area contributed by atoms with Gasteiger partial charge in [0.05, 0.1) is 12.3 Å². The van der Waals surface area contributed by atoms with Gasteiger partial charge in [-0.15, -0.1) is 0 Å². The van der Waals surface area contributed by atoms with Gasteiger partial charge in [0.15, 0.2) is 0 Å². The molecule has 8 heteroatoms. The zero-order chi connectivity index (χ0) is 25.3. The summed E-state index contributed by atoms with van der Waals surface area (Å²) < 4.78 is 5.72. The second kappa shape index (κ2) is 11.7. The molecule has 8 nitrogen and oxygen atoms in total. The molecular formula is C28H29N5O3. The van der Waals surface area contributed by atoms with Crippen LogP contribution in [0.5, 0.6) is 5.75 Å². The van der Waals surface area contributed by atoms with Crippen molar-refractivity contribution in [1.29, 1.82) is 0 Å². The highest BCUT2D eigenvalue weighted by Crippen LogP contribution is 2.24. The summed E-state index contributed by atoms with van der Waals surface area (Å²) in [7, 11) is 0. The lowest BCUT2D eigenvalue weighted by Crippen LogP contribution is -2.36. The number of guanidine groups is 1. The third kappa shape index (κ3) is 6.29. The number of hydrogen-bond donors (Lipinski definition) is 4. The lowest BCUT2D eigenvalue weighted by Gasteiger charge is -2.15. The number of ether oxygens (including phenoxy) is 1. The fourth-order valence-electron chi connectivity index (χ4n) is 3.80. The lowest BCUT2D eigenvalue weighted by atomic mass is 10.1. The van der Waals surface area contributed by atoms with Crippen LogP contribution in [0.4, 0.5) is 11.4 Å². The summed E-state index contributed by atoms with van der Waals surface area (Å²) in [6, 6.07) is 22.3. The Hall–Kier alpha value is -4.59. The molecule has 0 fully saturated rings. The molecule has 3 aromatic carbocycles. The number of amides is 2. The van der Waals surface area contributed by atoms with Gasteiger partial charge in [-0.1, -0.05) is 30.3 Å². The number of anilines is 2. The number of para-hydroxylation sites is 3. The molecule has 0 spiro atoms. The largest absolute Gasteiger partial charge is 0.492 e. The third-order valence-corrected chi connectivity index (χ3v) is 5.47. The first-order chi connectivity index (χ1) is 17.5. The number of carbonyl (C=O) groups is 2. The number of hydrogen-bond acceptors (Lipinski definition) is 4. The highest BCUT2D eigenvalue weighted by Gasteiger charge is 2.12. The van der Waals surface area contributed by atoms with Crippen molar-refractivity contribution in [2.24, 2.45) is 4.99 Å². The van der Waals surface area contributed by atoms with Gasteiger partial charge in [-0.05, 0) is 61.4 Å². The Morgan fingerprint density at radius 2 is 1.69 bits per heavy atom. The topological polar surface area (TPSA) is 108 Å². The Morgan fingerprint density at radius 3 is 2.47 bits per heavy atom. The lowest BCUT2D eigenvalue weighted by molar-refractivity contribution is -0.114. The van der Waals surface area contributed by atoms with Crippen LogP contribution in [0.25, 0.3) is 10.9 Å². The summed E-state index contributed by atoms with van der Waals surface area (Å²) in [6.07, 6.45) is 2.69. The molecule has 0 saturated heterocycles. The number of aromatic amines is 1. The van der Waals surface area contributed by atoms with Crippen molar-refractivity contribution in [3.05, 3.63) is 90.1 Å².